The van der Waals surface area contributed by atoms with Crippen LogP contribution in [0.15, 0.2) is 46.5 Å². The van der Waals surface area contributed by atoms with E-state index >= 15 is 0 Å². The number of nitrogens with zero attached hydrogens (tertiary/aromatic N) is 3. The molecule has 180 valence electrons. The van der Waals surface area contributed by atoms with Crippen molar-refractivity contribution in [3.05, 3.63) is 52.1 Å². The van der Waals surface area contributed by atoms with Crippen LogP contribution in [0.2, 0.25) is 0 Å². The number of carbonyl (C=O) groups excluding carboxylic acids is 3. The average molecular weight is 548 g/mol. The van der Waals surface area contributed by atoms with Crippen molar-refractivity contribution < 1.29 is 19.1 Å². The SMILES string of the molecule is CC(C)(C)OC(=O)N[C@H](C(=O)N1CCCC1C(=O)Nc1cn2cc(Br)sc2n1)c1ccccc1. The second-order valence-electron chi connectivity index (χ2n) is 9.02. The highest BCUT2D eigenvalue weighted by molar-refractivity contribution is 9.11. The first-order valence-electron chi connectivity index (χ1n) is 10.9. The van der Waals surface area contributed by atoms with Gasteiger partial charge in [0.25, 0.3) is 5.91 Å². The number of hydrogen-bond acceptors (Lipinski definition) is 6. The van der Waals surface area contributed by atoms with Crippen LogP contribution in [0.25, 0.3) is 4.96 Å². The first kappa shape index (κ1) is 24.2. The molecule has 1 saturated heterocycles. The Balaban J connectivity index is 1.51. The summed E-state index contributed by atoms with van der Waals surface area (Å²) in [6.45, 7) is 5.68. The van der Waals surface area contributed by atoms with Gasteiger partial charge in [0.05, 0.1) is 9.98 Å². The molecule has 3 aromatic rings. The number of nitrogens with one attached hydrogen (secondary N) is 2. The molecule has 4 rings (SSSR count). The van der Waals surface area contributed by atoms with E-state index in [9.17, 15) is 14.4 Å². The summed E-state index contributed by atoms with van der Waals surface area (Å²) in [7, 11) is 0. The number of aromatic nitrogens is 2. The molecule has 2 aromatic heterocycles. The third-order valence-corrected chi connectivity index (χ3v) is 6.73. The first-order chi connectivity index (χ1) is 16.1. The van der Waals surface area contributed by atoms with Gasteiger partial charge in [0.1, 0.15) is 17.7 Å². The number of thiazole rings is 1. The molecule has 9 nitrogen and oxygen atoms in total. The lowest BCUT2D eigenvalue weighted by Gasteiger charge is -2.29. The zero-order chi connectivity index (χ0) is 24.5. The summed E-state index contributed by atoms with van der Waals surface area (Å²) in [5.74, 6) is -0.237. The Labute approximate surface area is 209 Å². The lowest BCUT2D eigenvalue weighted by Crippen LogP contribution is -2.49. The lowest BCUT2D eigenvalue weighted by molar-refractivity contribution is -0.138. The minimum absolute atomic E-state index is 0.306. The van der Waals surface area contributed by atoms with Gasteiger partial charge in [-0.15, -0.1) is 0 Å². The summed E-state index contributed by atoms with van der Waals surface area (Å²) in [6.07, 6.45) is 4.11. The third-order valence-electron chi connectivity index (χ3n) is 5.26. The van der Waals surface area contributed by atoms with Crippen molar-refractivity contribution in [3.8, 4) is 0 Å². The van der Waals surface area contributed by atoms with Crippen molar-refractivity contribution >= 4 is 56.0 Å². The number of alkyl carbamates (subject to hydrolysis) is 1. The number of hydrogen-bond donors (Lipinski definition) is 2. The van der Waals surface area contributed by atoms with Gasteiger partial charge < -0.3 is 20.3 Å². The number of benzene rings is 1. The fourth-order valence-electron chi connectivity index (χ4n) is 3.86. The Bertz CT molecular complexity index is 1170. The van der Waals surface area contributed by atoms with Gasteiger partial charge in [0, 0.05) is 12.7 Å². The van der Waals surface area contributed by atoms with Gasteiger partial charge in [-0.3, -0.25) is 14.0 Å². The van der Waals surface area contributed by atoms with Gasteiger partial charge in [-0.2, -0.15) is 0 Å². The van der Waals surface area contributed by atoms with Crippen molar-refractivity contribution in [3.63, 3.8) is 0 Å². The molecule has 1 aromatic carbocycles. The van der Waals surface area contributed by atoms with Crippen LogP contribution in [-0.2, 0) is 14.3 Å². The zero-order valence-corrected chi connectivity index (χ0v) is 21.5. The van der Waals surface area contributed by atoms with E-state index in [1.165, 1.54) is 16.2 Å². The molecule has 2 N–H and O–H groups in total. The minimum atomic E-state index is -0.972. The number of halogens is 1. The van der Waals surface area contributed by atoms with Gasteiger partial charge in [-0.05, 0) is 55.1 Å². The largest absolute Gasteiger partial charge is 0.444 e. The van der Waals surface area contributed by atoms with E-state index in [2.05, 4.69) is 31.5 Å². The maximum absolute atomic E-state index is 13.6. The van der Waals surface area contributed by atoms with Crippen molar-refractivity contribution in [2.75, 3.05) is 11.9 Å². The number of likely N-dealkylation sites (tertiary alicyclic amines) is 1. The predicted octanol–water partition coefficient (Wildman–Crippen LogP) is 4.35. The Morgan fingerprint density at radius 1 is 1.21 bits per heavy atom. The van der Waals surface area contributed by atoms with Crippen LogP contribution < -0.4 is 10.6 Å². The highest BCUT2D eigenvalue weighted by Crippen LogP contribution is 2.27. The van der Waals surface area contributed by atoms with Gasteiger partial charge >= 0.3 is 6.09 Å². The standard InChI is InChI=1S/C23H26BrN5O4S/c1-23(2,3)33-22(32)27-18(14-8-5-4-6-9-14)20(31)29-11-7-10-15(29)19(30)25-17-13-28-12-16(24)34-21(28)26-17/h4-6,8-9,12-13,15,18H,7,10-11H2,1-3H3,(H,25,30)(H,27,32)/t15?,18-/m0/s1. The topological polar surface area (TPSA) is 105 Å². The monoisotopic (exact) mass is 547 g/mol. The molecule has 1 unspecified atom stereocenters. The first-order valence-corrected chi connectivity index (χ1v) is 12.5. The summed E-state index contributed by atoms with van der Waals surface area (Å²) in [4.78, 5) is 45.9. The predicted molar refractivity (Wildman–Crippen MR) is 133 cm³/mol. The summed E-state index contributed by atoms with van der Waals surface area (Å²) in [5, 5.41) is 5.52. The number of ether oxygens (including phenoxy) is 1. The van der Waals surface area contributed by atoms with Gasteiger partial charge in [0.15, 0.2) is 10.8 Å². The van der Waals surface area contributed by atoms with Crippen LogP contribution in [0, 0.1) is 0 Å². The Morgan fingerprint density at radius 2 is 1.94 bits per heavy atom. The number of fused-ring (bicyclic) bond motifs is 1. The highest BCUT2D eigenvalue weighted by atomic mass is 79.9. The fourth-order valence-corrected chi connectivity index (χ4v) is 5.22. The number of carbonyl (C=O) groups is 3. The number of amides is 3. The smallest absolute Gasteiger partial charge is 0.408 e. The molecular weight excluding hydrogens is 522 g/mol. The second-order valence-corrected chi connectivity index (χ2v) is 11.4. The molecule has 0 bridgehead atoms. The van der Waals surface area contributed by atoms with Crippen LogP contribution in [0.3, 0.4) is 0 Å². The molecule has 3 amide bonds. The number of imidazole rings is 1. The van der Waals surface area contributed by atoms with E-state index in [0.29, 0.717) is 30.8 Å². The summed E-state index contributed by atoms with van der Waals surface area (Å²) >= 11 is 4.86. The van der Waals surface area contributed by atoms with E-state index in [-0.39, 0.29) is 11.8 Å². The molecular formula is C23H26BrN5O4S. The quantitative estimate of drug-likeness (QED) is 0.493. The Hall–Kier alpha value is -2.92. The molecule has 0 saturated carbocycles. The van der Waals surface area contributed by atoms with Gasteiger partial charge in [-0.1, -0.05) is 41.7 Å². The van der Waals surface area contributed by atoms with E-state index < -0.39 is 23.8 Å². The average Bonchev–Trinajstić information content (AvgIpc) is 3.45. The lowest BCUT2D eigenvalue weighted by atomic mass is 10.0. The minimum Gasteiger partial charge on any atom is -0.444 e. The molecule has 1 aliphatic heterocycles. The maximum atomic E-state index is 13.6. The Morgan fingerprint density at radius 3 is 2.62 bits per heavy atom. The van der Waals surface area contributed by atoms with Crippen LogP contribution in [-0.4, -0.2) is 50.4 Å². The van der Waals surface area contributed by atoms with Crippen LogP contribution >= 0.6 is 27.3 Å². The van der Waals surface area contributed by atoms with Crippen molar-refractivity contribution in [1.29, 1.82) is 0 Å². The van der Waals surface area contributed by atoms with E-state index in [1.54, 1.807) is 51.2 Å². The summed E-state index contributed by atoms with van der Waals surface area (Å²) < 4.78 is 8.12. The van der Waals surface area contributed by atoms with Crippen molar-refractivity contribution in [2.24, 2.45) is 0 Å². The van der Waals surface area contributed by atoms with E-state index in [1.807, 2.05) is 16.7 Å². The van der Waals surface area contributed by atoms with Gasteiger partial charge in [0.2, 0.25) is 5.91 Å². The molecule has 0 spiro atoms. The Kier molecular flexibility index (Phi) is 6.94. The van der Waals surface area contributed by atoms with Crippen molar-refractivity contribution in [1.82, 2.24) is 19.6 Å². The third kappa shape index (κ3) is 5.58. The fraction of sp³-hybridized carbons (Fsp3) is 0.391. The summed E-state index contributed by atoms with van der Waals surface area (Å²) in [5.41, 5.74) is -0.0949. The summed E-state index contributed by atoms with van der Waals surface area (Å²) in [6, 6.07) is 7.32. The molecule has 3 heterocycles. The van der Waals surface area contributed by atoms with Crippen molar-refractivity contribution in [2.45, 2.75) is 51.3 Å². The molecule has 11 heteroatoms. The molecule has 0 radical (unpaired) electrons. The number of rotatable bonds is 5. The van der Waals surface area contributed by atoms with Gasteiger partial charge in [-0.25, -0.2) is 9.78 Å². The van der Waals surface area contributed by atoms with E-state index in [0.717, 1.165) is 8.75 Å². The number of anilines is 1. The second kappa shape index (κ2) is 9.75. The van der Waals surface area contributed by atoms with E-state index in [4.69, 9.17) is 4.74 Å². The van der Waals surface area contributed by atoms with Crippen LogP contribution in [0.4, 0.5) is 10.6 Å². The molecule has 1 fully saturated rings. The van der Waals surface area contributed by atoms with Crippen LogP contribution in [0.5, 0.6) is 0 Å². The normalized spacial score (nSPS) is 16.9. The molecule has 2 atom stereocenters. The highest BCUT2D eigenvalue weighted by Gasteiger charge is 2.39. The molecule has 0 aliphatic carbocycles. The molecule has 1 aliphatic rings. The zero-order valence-electron chi connectivity index (χ0n) is 19.1. The van der Waals surface area contributed by atoms with Crippen LogP contribution in [0.1, 0.15) is 45.2 Å². The molecule has 34 heavy (non-hydrogen) atoms. The maximum Gasteiger partial charge on any atom is 0.408 e.